The van der Waals surface area contributed by atoms with Crippen LogP contribution in [0.4, 0.5) is 11.5 Å². The molecule has 190 valence electrons. The molecule has 1 aromatic heterocycles. The summed E-state index contributed by atoms with van der Waals surface area (Å²) >= 11 is 0. The van der Waals surface area contributed by atoms with Crippen molar-refractivity contribution in [1.82, 2.24) is 15.4 Å². The number of terminal acetylenes is 1. The van der Waals surface area contributed by atoms with Gasteiger partial charge < -0.3 is 19.9 Å². The molecular weight excluding hydrogens is 460 g/mol. The van der Waals surface area contributed by atoms with Crippen molar-refractivity contribution in [2.24, 2.45) is 0 Å². The number of hydroxylamine groups is 1. The highest BCUT2D eigenvalue weighted by Crippen LogP contribution is 2.35. The molecule has 1 heterocycles. The lowest BCUT2D eigenvalue weighted by atomic mass is 10.1. The van der Waals surface area contributed by atoms with E-state index in [1.165, 1.54) is 6.33 Å². The molecule has 0 saturated carbocycles. The monoisotopic (exact) mass is 492 g/mol. The van der Waals surface area contributed by atoms with E-state index in [4.69, 9.17) is 20.7 Å². The number of carbonyl (C=O) groups is 1. The molecule has 36 heavy (non-hydrogen) atoms. The summed E-state index contributed by atoms with van der Waals surface area (Å²) in [7, 11) is 1.59. The predicted molar refractivity (Wildman–Crippen MR) is 138 cm³/mol. The SMILES string of the molecule is C#Cc1cccc(Nc2ncnc3cc(OC)c(OCCCCCCC(=O)NOC(O)CC)cc23)c1. The predicted octanol–water partition coefficient (Wildman–Crippen LogP) is 4.47. The first-order valence-electron chi connectivity index (χ1n) is 12.0. The van der Waals surface area contributed by atoms with Gasteiger partial charge in [-0.1, -0.05) is 31.8 Å². The van der Waals surface area contributed by atoms with Crippen molar-refractivity contribution in [3.05, 3.63) is 48.3 Å². The van der Waals surface area contributed by atoms with E-state index in [9.17, 15) is 9.90 Å². The topological polar surface area (TPSA) is 115 Å². The summed E-state index contributed by atoms with van der Waals surface area (Å²) in [6.07, 6.45) is 10.1. The largest absolute Gasteiger partial charge is 0.493 e. The van der Waals surface area contributed by atoms with E-state index in [1.807, 2.05) is 36.4 Å². The van der Waals surface area contributed by atoms with Crippen molar-refractivity contribution in [3.8, 4) is 23.8 Å². The molecule has 0 saturated heterocycles. The Morgan fingerprint density at radius 1 is 1.14 bits per heavy atom. The number of nitrogens with zero attached hydrogens (tertiary/aromatic N) is 2. The molecule has 3 N–H and O–H groups in total. The van der Waals surface area contributed by atoms with Gasteiger partial charge in [-0.3, -0.25) is 4.79 Å². The number of benzene rings is 2. The normalized spacial score (nSPS) is 11.5. The van der Waals surface area contributed by atoms with Crippen molar-refractivity contribution in [2.45, 2.75) is 51.7 Å². The number of hydrogen-bond donors (Lipinski definition) is 3. The molecule has 1 unspecified atom stereocenters. The molecule has 3 rings (SSSR count). The fourth-order valence-corrected chi connectivity index (χ4v) is 3.45. The molecule has 3 aromatic rings. The molecule has 0 spiro atoms. The minimum absolute atomic E-state index is 0.239. The van der Waals surface area contributed by atoms with Gasteiger partial charge in [0.05, 0.1) is 19.2 Å². The Morgan fingerprint density at radius 2 is 1.97 bits per heavy atom. The van der Waals surface area contributed by atoms with Crippen LogP contribution in [0.5, 0.6) is 11.5 Å². The van der Waals surface area contributed by atoms with E-state index in [0.29, 0.717) is 36.8 Å². The lowest BCUT2D eigenvalue weighted by Gasteiger charge is -2.14. The maximum atomic E-state index is 11.7. The van der Waals surface area contributed by atoms with E-state index >= 15 is 0 Å². The third kappa shape index (κ3) is 7.83. The minimum Gasteiger partial charge on any atom is -0.493 e. The number of anilines is 2. The van der Waals surface area contributed by atoms with E-state index < -0.39 is 6.29 Å². The Kier molecular flexibility index (Phi) is 10.3. The fraction of sp³-hybridized carbons (Fsp3) is 0.370. The highest BCUT2D eigenvalue weighted by molar-refractivity contribution is 5.93. The fourth-order valence-electron chi connectivity index (χ4n) is 3.45. The van der Waals surface area contributed by atoms with Crippen LogP contribution in [0.25, 0.3) is 10.9 Å². The number of fused-ring (bicyclic) bond motifs is 1. The molecule has 1 atom stereocenters. The molecule has 0 fully saturated rings. The van der Waals surface area contributed by atoms with Gasteiger partial charge in [0.1, 0.15) is 12.1 Å². The van der Waals surface area contributed by atoms with Crippen molar-refractivity contribution in [1.29, 1.82) is 0 Å². The van der Waals surface area contributed by atoms with Gasteiger partial charge in [0.15, 0.2) is 17.8 Å². The van der Waals surface area contributed by atoms with Crippen LogP contribution < -0.4 is 20.3 Å². The number of carbonyl (C=O) groups excluding carboxylic acids is 1. The number of nitrogens with one attached hydrogen (secondary N) is 2. The first-order valence-corrected chi connectivity index (χ1v) is 12.0. The quantitative estimate of drug-likeness (QED) is 0.131. The smallest absolute Gasteiger partial charge is 0.243 e. The van der Waals surface area contributed by atoms with Gasteiger partial charge in [0, 0.05) is 29.1 Å². The van der Waals surface area contributed by atoms with Crippen LogP contribution in [0.3, 0.4) is 0 Å². The minimum atomic E-state index is -0.976. The Hall–Kier alpha value is -3.87. The zero-order valence-corrected chi connectivity index (χ0v) is 20.6. The maximum Gasteiger partial charge on any atom is 0.243 e. The van der Waals surface area contributed by atoms with E-state index in [2.05, 4.69) is 26.7 Å². The van der Waals surface area contributed by atoms with Crippen molar-refractivity contribution < 1.29 is 24.2 Å². The van der Waals surface area contributed by atoms with Crippen LogP contribution >= 0.6 is 0 Å². The third-order valence-corrected chi connectivity index (χ3v) is 5.43. The summed E-state index contributed by atoms with van der Waals surface area (Å²) in [5.41, 5.74) is 4.57. The molecule has 0 aliphatic rings. The van der Waals surface area contributed by atoms with E-state index in [-0.39, 0.29) is 5.91 Å². The van der Waals surface area contributed by atoms with Crippen LogP contribution in [0.2, 0.25) is 0 Å². The van der Waals surface area contributed by atoms with Gasteiger partial charge in [0.2, 0.25) is 5.91 Å². The summed E-state index contributed by atoms with van der Waals surface area (Å²) in [6, 6.07) is 11.2. The number of rotatable bonds is 14. The van der Waals surface area contributed by atoms with Crippen LogP contribution in [-0.4, -0.2) is 41.0 Å². The second-order valence-electron chi connectivity index (χ2n) is 8.11. The Balaban J connectivity index is 1.54. The van der Waals surface area contributed by atoms with Gasteiger partial charge in [-0.05, 0) is 43.5 Å². The van der Waals surface area contributed by atoms with Crippen LogP contribution in [-0.2, 0) is 9.63 Å². The average molecular weight is 493 g/mol. The van der Waals surface area contributed by atoms with Gasteiger partial charge >= 0.3 is 0 Å². The van der Waals surface area contributed by atoms with Gasteiger partial charge in [-0.2, -0.15) is 0 Å². The average Bonchev–Trinajstić information content (AvgIpc) is 2.91. The lowest BCUT2D eigenvalue weighted by Crippen LogP contribution is -2.28. The Labute approximate surface area is 211 Å². The van der Waals surface area contributed by atoms with Crippen LogP contribution in [0.1, 0.15) is 51.0 Å². The summed E-state index contributed by atoms with van der Waals surface area (Å²) in [5, 5.41) is 13.4. The zero-order chi connectivity index (χ0) is 25.8. The molecule has 0 aliphatic heterocycles. The second kappa shape index (κ2) is 13.9. The number of aromatic nitrogens is 2. The van der Waals surface area contributed by atoms with Gasteiger partial charge in [-0.25, -0.2) is 20.3 Å². The number of methoxy groups -OCH3 is 1. The summed E-state index contributed by atoms with van der Waals surface area (Å²) in [6.45, 7) is 2.26. The summed E-state index contributed by atoms with van der Waals surface area (Å²) in [5.74, 6) is 4.22. The Bertz CT molecular complexity index is 1190. The summed E-state index contributed by atoms with van der Waals surface area (Å²) in [4.78, 5) is 25.2. The van der Waals surface area contributed by atoms with Crippen molar-refractivity contribution in [3.63, 3.8) is 0 Å². The number of aliphatic hydroxyl groups excluding tert-OH is 1. The molecule has 0 radical (unpaired) electrons. The highest BCUT2D eigenvalue weighted by Gasteiger charge is 2.12. The lowest BCUT2D eigenvalue weighted by molar-refractivity contribution is -0.168. The van der Waals surface area contributed by atoms with E-state index in [1.54, 1.807) is 14.0 Å². The van der Waals surface area contributed by atoms with Crippen molar-refractivity contribution in [2.75, 3.05) is 19.0 Å². The third-order valence-electron chi connectivity index (χ3n) is 5.43. The molecule has 0 aliphatic carbocycles. The first kappa shape index (κ1) is 26.7. The highest BCUT2D eigenvalue weighted by atomic mass is 16.7. The number of aliphatic hydroxyl groups is 1. The number of ether oxygens (including phenoxy) is 2. The molecule has 2 aromatic carbocycles. The molecule has 9 nitrogen and oxygen atoms in total. The number of amides is 1. The zero-order valence-electron chi connectivity index (χ0n) is 20.6. The number of unbranched alkanes of at least 4 members (excludes halogenated alkanes) is 3. The molecular formula is C27H32N4O5. The second-order valence-corrected chi connectivity index (χ2v) is 8.11. The maximum absolute atomic E-state index is 11.7. The standard InChI is InChI=1S/C27H32N4O5/c1-4-19-11-10-12-20(15-19)30-27-21-16-24(23(34-3)17-22(21)28-18-29-27)35-14-9-7-6-8-13-25(32)31-36-26(33)5-2/h1,10-12,15-18,26,33H,5-9,13-14H2,2-3H3,(H,31,32)(H,28,29,30). The van der Waals surface area contributed by atoms with Crippen LogP contribution in [0.15, 0.2) is 42.7 Å². The van der Waals surface area contributed by atoms with E-state index in [0.717, 1.165) is 47.8 Å². The van der Waals surface area contributed by atoms with Crippen LogP contribution in [0, 0.1) is 12.3 Å². The van der Waals surface area contributed by atoms with Crippen molar-refractivity contribution >= 4 is 28.3 Å². The summed E-state index contributed by atoms with van der Waals surface area (Å²) < 4.78 is 11.5. The molecule has 1 amide bonds. The first-order chi connectivity index (χ1) is 17.5. The molecule has 0 bridgehead atoms. The molecule has 9 heteroatoms. The number of hydrogen-bond acceptors (Lipinski definition) is 8. The van der Waals surface area contributed by atoms with Gasteiger partial charge in [-0.15, -0.1) is 6.42 Å². The van der Waals surface area contributed by atoms with Gasteiger partial charge in [0.25, 0.3) is 0 Å². The Morgan fingerprint density at radius 3 is 2.75 bits per heavy atom.